The van der Waals surface area contributed by atoms with E-state index in [1.54, 1.807) is 40.1 Å². The number of benzene rings is 1. The molecular weight excluding hydrogens is 569 g/mol. The largest absolute Gasteiger partial charge is 0.437 e. The molecule has 1 amide bonds. The Hall–Kier alpha value is -4.49. The number of anilines is 2. The van der Waals surface area contributed by atoms with Crippen molar-refractivity contribution in [3.05, 3.63) is 75.3 Å². The summed E-state index contributed by atoms with van der Waals surface area (Å²) >= 11 is 0. The van der Waals surface area contributed by atoms with E-state index >= 15 is 0 Å². The standard InChI is InChI=1S/C29H31F3N6O5/c1-19-5-4-10-37(18-19)28-34-27(29(30,31)32)26(43-28)23(39)15-20-8-9-24(33-17-20)35-11-13-36(14-12-35)25(40)16-21-6-2-3-7-22(21)38(41)42/h2-3,6-9,17,19H,4-5,10-16,18H2,1H3. The molecule has 0 bridgehead atoms. The van der Waals surface area contributed by atoms with Gasteiger partial charge in [-0.05, 0) is 30.4 Å². The van der Waals surface area contributed by atoms with Crippen LogP contribution in [-0.2, 0) is 23.8 Å². The van der Waals surface area contributed by atoms with Crippen LogP contribution in [0.3, 0.4) is 0 Å². The Morgan fingerprint density at radius 1 is 1.05 bits per heavy atom. The summed E-state index contributed by atoms with van der Waals surface area (Å²) in [5.74, 6) is -0.970. The maximum absolute atomic E-state index is 13.7. The molecule has 1 atom stereocenters. The smallest absolute Gasteiger partial charge is 0.420 e. The second-order valence-electron chi connectivity index (χ2n) is 10.9. The second-order valence-corrected chi connectivity index (χ2v) is 10.9. The van der Waals surface area contributed by atoms with Crippen molar-refractivity contribution in [1.82, 2.24) is 14.9 Å². The first-order valence-corrected chi connectivity index (χ1v) is 14.1. The summed E-state index contributed by atoms with van der Waals surface area (Å²) < 4.78 is 46.6. The third-order valence-corrected chi connectivity index (χ3v) is 7.73. The Labute approximate surface area is 245 Å². The number of pyridine rings is 1. The van der Waals surface area contributed by atoms with E-state index in [0.29, 0.717) is 56.2 Å². The fraction of sp³-hybridized carbons (Fsp3) is 0.448. The summed E-state index contributed by atoms with van der Waals surface area (Å²) in [7, 11) is 0. The first-order valence-electron chi connectivity index (χ1n) is 14.1. The zero-order valence-electron chi connectivity index (χ0n) is 23.5. The van der Waals surface area contributed by atoms with Crippen LogP contribution in [0.5, 0.6) is 0 Å². The minimum Gasteiger partial charge on any atom is -0.420 e. The van der Waals surface area contributed by atoms with Gasteiger partial charge in [-0.15, -0.1) is 0 Å². The highest BCUT2D eigenvalue weighted by Crippen LogP contribution is 2.35. The Morgan fingerprint density at radius 2 is 1.79 bits per heavy atom. The summed E-state index contributed by atoms with van der Waals surface area (Å²) in [4.78, 5) is 49.8. The van der Waals surface area contributed by atoms with Crippen LogP contribution in [0.1, 0.15) is 47.1 Å². The van der Waals surface area contributed by atoms with Crippen LogP contribution >= 0.6 is 0 Å². The highest BCUT2D eigenvalue weighted by molar-refractivity contribution is 5.96. The van der Waals surface area contributed by atoms with Crippen molar-refractivity contribution in [2.24, 2.45) is 5.92 Å². The Morgan fingerprint density at radius 3 is 2.44 bits per heavy atom. The number of aromatic nitrogens is 2. The van der Waals surface area contributed by atoms with Crippen molar-refractivity contribution in [2.45, 2.75) is 38.8 Å². The average Bonchev–Trinajstić information content (AvgIpc) is 3.45. The minimum atomic E-state index is -4.84. The van der Waals surface area contributed by atoms with Crippen LogP contribution in [0.15, 0.2) is 47.0 Å². The van der Waals surface area contributed by atoms with Crippen molar-refractivity contribution >= 4 is 29.2 Å². The lowest BCUT2D eigenvalue weighted by molar-refractivity contribution is -0.385. The van der Waals surface area contributed by atoms with Gasteiger partial charge in [0.05, 0.1) is 11.3 Å². The number of nitro groups is 1. The van der Waals surface area contributed by atoms with Crippen LogP contribution in [0.2, 0.25) is 0 Å². The molecule has 1 aromatic carbocycles. The predicted molar refractivity (Wildman–Crippen MR) is 150 cm³/mol. The highest BCUT2D eigenvalue weighted by Gasteiger charge is 2.42. The lowest BCUT2D eigenvalue weighted by Crippen LogP contribution is -2.49. The number of carbonyl (C=O) groups is 2. The van der Waals surface area contributed by atoms with Gasteiger partial charge in [0.1, 0.15) is 5.82 Å². The summed E-state index contributed by atoms with van der Waals surface area (Å²) in [5.41, 5.74) is -0.627. The van der Waals surface area contributed by atoms with Crippen LogP contribution < -0.4 is 9.80 Å². The molecule has 3 aromatic rings. The number of rotatable bonds is 8. The van der Waals surface area contributed by atoms with E-state index in [1.807, 2.05) is 11.8 Å². The number of piperidine rings is 1. The van der Waals surface area contributed by atoms with E-state index in [1.165, 1.54) is 12.3 Å². The number of alkyl halides is 3. The summed E-state index contributed by atoms with van der Waals surface area (Å²) in [6.45, 7) is 4.76. The molecule has 1 unspecified atom stereocenters. The monoisotopic (exact) mass is 600 g/mol. The number of amides is 1. The van der Waals surface area contributed by atoms with Gasteiger partial charge in [0.15, 0.2) is 5.69 Å². The normalized spacial score (nSPS) is 17.7. The third-order valence-electron chi connectivity index (χ3n) is 7.73. The van der Waals surface area contributed by atoms with E-state index in [4.69, 9.17) is 4.42 Å². The molecule has 11 nitrogen and oxygen atoms in total. The molecule has 2 fully saturated rings. The van der Waals surface area contributed by atoms with E-state index in [0.717, 1.165) is 12.8 Å². The molecule has 0 saturated carbocycles. The molecule has 4 heterocycles. The maximum Gasteiger partial charge on any atom is 0.437 e. The molecule has 14 heteroatoms. The Kier molecular flexibility index (Phi) is 8.64. The molecule has 0 spiro atoms. The number of halogens is 3. The number of nitrogens with zero attached hydrogens (tertiary/aromatic N) is 6. The number of ketones is 1. The number of hydrogen-bond acceptors (Lipinski definition) is 9. The maximum atomic E-state index is 13.7. The number of piperazine rings is 1. The Bertz CT molecular complexity index is 1480. The zero-order valence-corrected chi connectivity index (χ0v) is 23.5. The van der Waals surface area contributed by atoms with Crippen LogP contribution in [-0.4, -0.2) is 70.8 Å². The number of Topliss-reactive ketones (excluding diaryl/α,β-unsaturated/α-hetero) is 1. The molecular formula is C29H31F3N6O5. The van der Waals surface area contributed by atoms with Gasteiger partial charge in [0, 0.05) is 63.5 Å². The molecule has 2 aliphatic rings. The number of hydrogen-bond donors (Lipinski definition) is 0. The van der Waals surface area contributed by atoms with Gasteiger partial charge in [-0.25, -0.2) is 4.98 Å². The van der Waals surface area contributed by atoms with Crippen LogP contribution in [0.4, 0.5) is 30.7 Å². The van der Waals surface area contributed by atoms with E-state index < -0.39 is 28.3 Å². The minimum absolute atomic E-state index is 0.0714. The molecule has 2 aromatic heterocycles. The quantitative estimate of drug-likeness (QED) is 0.208. The molecule has 2 aliphatic heterocycles. The summed E-state index contributed by atoms with van der Waals surface area (Å²) in [6, 6.07) is 9.28. The van der Waals surface area contributed by atoms with Crippen molar-refractivity contribution in [3.63, 3.8) is 0 Å². The molecule has 43 heavy (non-hydrogen) atoms. The fourth-order valence-electron chi connectivity index (χ4n) is 5.46. The third kappa shape index (κ3) is 6.95. The Balaban J connectivity index is 1.19. The number of para-hydroxylation sites is 1. The van der Waals surface area contributed by atoms with Gasteiger partial charge >= 0.3 is 6.18 Å². The zero-order chi connectivity index (χ0) is 30.7. The van der Waals surface area contributed by atoms with Crippen molar-refractivity contribution in [1.29, 1.82) is 0 Å². The number of nitro benzene ring substituents is 1. The van der Waals surface area contributed by atoms with E-state index in [2.05, 4.69) is 9.97 Å². The number of carbonyl (C=O) groups excluding carboxylic acids is 2. The molecule has 0 radical (unpaired) electrons. The highest BCUT2D eigenvalue weighted by atomic mass is 19.4. The first kappa shape index (κ1) is 30.0. The van der Waals surface area contributed by atoms with Gasteiger partial charge in [0.25, 0.3) is 11.7 Å². The van der Waals surface area contributed by atoms with Gasteiger partial charge in [-0.3, -0.25) is 19.7 Å². The molecule has 228 valence electrons. The first-order chi connectivity index (χ1) is 20.5. The summed E-state index contributed by atoms with van der Waals surface area (Å²) in [6.07, 6.45) is -2.04. The van der Waals surface area contributed by atoms with Gasteiger partial charge in [-0.2, -0.15) is 18.2 Å². The van der Waals surface area contributed by atoms with Crippen molar-refractivity contribution in [2.75, 3.05) is 49.1 Å². The van der Waals surface area contributed by atoms with Gasteiger partial charge in [0.2, 0.25) is 17.5 Å². The predicted octanol–water partition coefficient (Wildman–Crippen LogP) is 4.55. The van der Waals surface area contributed by atoms with Gasteiger partial charge in [-0.1, -0.05) is 31.2 Å². The summed E-state index contributed by atoms with van der Waals surface area (Å²) in [5, 5.41) is 11.3. The van der Waals surface area contributed by atoms with E-state index in [9.17, 15) is 32.9 Å². The van der Waals surface area contributed by atoms with Crippen LogP contribution in [0.25, 0.3) is 0 Å². The average molecular weight is 601 g/mol. The lowest BCUT2D eigenvalue weighted by atomic mass is 10.0. The molecule has 0 N–H and O–H groups in total. The van der Waals surface area contributed by atoms with E-state index in [-0.39, 0.29) is 36.4 Å². The second kappa shape index (κ2) is 12.4. The molecule has 2 saturated heterocycles. The van der Waals surface area contributed by atoms with Crippen molar-refractivity contribution < 1.29 is 32.1 Å². The van der Waals surface area contributed by atoms with Crippen molar-refractivity contribution in [3.8, 4) is 0 Å². The topological polar surface area (TPSA) is 126 Å². The SMILES string of the molecule is CC1CCCN(c2nc(C(F)(F)F)c(C(=O)Cc3ccc(N4CCN(C(=O)Cc5ccccc5[N+](=O)[O-])CC4)nc3)o2)C1. The molecule has 0 aliphatic carbocycles. The van der Waals surface area contributed by atoms with Crippen LogP contribution in [0, 0.1) is 16.0 Å². The number of oxazole rings is 1. The molecule has 5 rings (SSSR count). The fourth-order valence-corrected chi connectivity index (χ4v) is 5.46. The lowest BCUT2D eigenvalue weighted by Gasteiger charge is -2.35. The van der Waals surface area contributed by atoms with Gasteiger partial charge < -0.3 is 19.1 Å².